The third-order valence-electron chi connectivity index (χ3n) is 3.74. The monoisotopic (exact) mass is 293 g/mol. The molecule has 0 amide bonds. The van der Waals surface area contributed by atoms with Crippen molar-refractivity contribution in [2.45, 2.75) is 53.7 Å². The van der Waals surface area contributed by atoms with E-state index in [1.165, 1.54) is 11.1 Å². The van der Waals surface area contributed by atoms with E-state index in [-0.39, 0.29) is 17.6 Å². The van der Waals surface area contributed by atoms with Crippen molar-refractivity contribution in [3.8, 4) is 5.75 Å². The first-order valence-corrected chi connectivity index (χ1v) is 7.84. The van der Waals surface area contributed by atoms with Crippen LogP contribution < -0.4 is 10.1 Å². The Kier molecular flexibility index (Phi) is 6.69. The Morgan fingerprint density at radius 1 is 1.19 bits per heavy atom. The summed E-state index contributed by atoms with van der Waals surface area (Å²) in [5, 5.41) is 3.60. The van der Waals surface area contributed by atoms with Gasteiger partial charge in [0.25, 0.3) is 0 Å². The molecule has 1 rings (SSSR count). The Morgan fingerprint density at radius 3 is 2.29 bits per heavy atom. The molecule has 1 aromatic rings. The van der Waals surface area contributed by atoms with Crippen molar-refractivity contribution in [1.82, 2.24) is 5.32 Å². The molecule has 2 atom stereocenters. The zero-order valence-corrected chi connectivity index (χ0v) is 14.6. The molecule has 0 aromatic heterocycles. The molecular formula is C18H31NO2. The van der Waals surface area contributed by atoms with Gasteiger partial charge in [-0.2, -0.15) is 0 Å². The van der Waals surface area contributed by atoms with Crippen molar-refractivity contribution < 1.29 is 9.47 Å². The van der Waals surface area contributed by atoms with Crippen LogP contribution in [-0.4, -0.2) is 26.4 Å². The lowest BCUT2D eigenvalue weighted by atomic mass is 9.81. The topological polar surface area (TPSA) is 30.5 Å². The van der Waals surface area contributed by atoms with E-state index in [9.17, 15) is 0 Å². The lowest BCUT2D eigenvalue weighted by Crippen LogP contribution is -2.42. The summed E-state index contributed by atoms with van der Waals surface area (Å²) in [6, 6.07) is 6.45. The number of ether oxygens (including phenoxy) is 2. The fourth-order valence-electron chi connectivity index (χ4n) is 2.75. The molecule has 0 aliphatic heterocycles. The third kappa shape index (κ3) is 4.72. The highest BCUT2D eigenvalue weighted by Gasteiger charge is 2.34. The number of rotatable bonds is 7. The fraction of sp³-hybridized carbons (Fsp3) is 0.667. The molecular weight excluding hydrogens is 262 g/mol. The summed E-state index contributed by atoms with van der Waals surface area (Å²) in [6.45, 7) is 14.7. The summed E-state index contributed by atoms with van der Waals surface area (Å²) in [5.41, 5.74) is 2.58. The molecule has 0 spiro atoms. The van der Waals surface area contributed by atoms with Crippen molar-refractivity contribution >= 4 is 0 Å². The molecule has 1 aromatic carbocycles. The van der Waals surface area contributed by atoms with E-state index in [0.29, 0.717) is 0 Å². The first-order valence-electron chi connectivity index (χ1n) is 7.84. The molecule has 3 heteroatoms. The lowest BCUT2D eigenvalue weighted by molar-refractivity contribution is -0.0364. The number of hydrogen-bond acceptors (Lipinski definition) is 3. The molecule has 2 unspecified atom stereocenters. The maximum atomic E-state index is 6.09. The highest BCUT2D eigenvalue weighted by molar-refractivity contribution is 5.37. The Hall–Kier alpha value is -1.06. The Balaban J connectivity index is 3.20. The summed E-state index contributed by atoms with van der Waals surface area (Å²) >= 11 is 0. The highest BCUT2D eigenvalue weighted by atomic mass is 16.5. The number of likely N-dealkylation sites (N-methyl/N-ethyl adjacent to an activating group) is 1. The predicted octanol–water partition coefficient (Wildman–Crippen LogP) is 4.11. The van der Waals surface area contributed by atoms with Crippen LogP contribution in [0.2, 0.25) is 0 Å². The molecule has 0 aliphatic rings. The van der Waals surface area contributed by atoms with E-state index in [4.69, 9.17) is 9.47 Å². The maximum absolute atomic E-state index is 6.09. The molecule has 0 aliphatic carbocycles. The van der Waals surface area contributed by atoms with E-state index in [1.807, 2.05) is 6.07 Å². The van der Waals surface area contributed by atoms with E-state index in [2.05, 4.69) is 59.0 Å². The van der Waals surface area contributed by atoms with Gasteiger partial charge in [-0.1, -0.05) is 33.8 Å². The van der Waals surface area contributed by atoms with E-state index < -0.39 is 0 Å². The summed E-state index contributed by atoms with van der Waals surface area (Å²) in [4.78, 5) is 0. The predicted molar refractivity (Wildman–Crippen MR) is 89.0 cm³/mol. The Morgan fingerprint density at radius 2 is 1.86 bits per heavy atom. The van der Waals surface area contributed by atoms with Crippen molar-refractivity contribution in [3.05, 3.63) is 29.3 Å². The van der Waals surface area contributed by atoms with Crippen LogP contribution in [-0.2, 0) is 4.74 Å². The highest BCUT2D eigenvalue weighted by Crippen LogP contribution is 2.35. The Labute approximate surface area is 130 Å². The Bertz CT molecular complexity index is 437. The van der Waals surface area contributed by atoms with Crippen LogP contribution in [0.5, 0.6) is 5.75 Å². The van der Waals surface area contributed by atoms with Crippen LogP contribution in [0.3, 0.4) is 0 Å². The SMILES string of the molecule is CCNC(c1ccc(OC)cc1C)C(OCC)C(C)(C)C. The van der Waals surface area contributed by atoms with Crippen LogP contribution in [0, 0.1) is 12.3 Å². The van der Waals surface area contributed by atoms with E-state index in [1.54, 1.807) is 7.11 Å². The first kappa shape index (κ1) is 18.0. The zero-order chi connectivity index (χ0) is 16.0. The molecule has 1 N–H and O–H groups in total. The van der Waals surface area contributed by atoms with Crippen LogP contribution in [0.4, 0.5) is 0 Å². The number of aryl methyl sites for hydroxylation is 1. The standard InChI is InChI=1S/C18H31NO2/c1-8-19-16(17(21-9-2)18(4,5)6)15-11-10-14(20-7)12-13(15)3/h10-12,16-17,19H,8-9H2,1-7H3. The number of benzene rings is 1. The minimum absolute atomic E-state index is 0.0647. The molecule has 3 nitrogen and oxygen atoms in total. The van der Waals surface area contributed by atoms with Gasteiger partial charge in [-0.3, -0.25) is 0 Å². The molecule has 0 heterocycles. The van der Waals surface area contributed by atoms with Gasteiger partial charge in [-0.05, 0) is 49.1 Å². The number of hydrogen-bond donors (Lipinski definition) is 1. The molecule has 21 heavy (non-hydrogen) atoms. The molecule has 0 saturated carbocycles. The van der Waals surface area contributed by atoms with Crippen LogP contribution in [0.1, 0.15) is 51.8 Å². The maximum Gasteiger partial charge on any atom is 0.119 e. The van der Waals surface area contributed by atoms with Gasteiger partial charge in [0.15, 0.2) is 0 Å². The van der Waals surface area contributed by atoms with Gasteiger partial charge in [-0.25, -0.2) is 0 Å². The van der Waals surface area contributed by atoms with Crippen molar-refractivity contribution in [2.24, 2.45) is 5.41 Å². The van der Waals surface area contributed by atoms with Crippen molar-refractivity contribution in [3.63, 3.8) is 0 Å². The zero-order valence-electron chi connectivity index (χ0n) is 14.6. The molecule has 0 bridgehead atoms. The van der Waals surface area contributed by atoms with Gasteiger partial charge in [0.05, 0.1) is 19.3 Å². The van der Waals surface area contributed by atoms with Gasteiger partial charge in [0.1, 0.15) is 5.75 Å². The second-order valence-corrected chi connectivity index (χ2v) is 6.50. The lowest BCUT2D eigenvalue weighted by Gasteiger charge is -2.38. The third-order valence-corrected chi connectivity index (χ3v) is 3.74. The minimum atomic E-state index is 0.0647. The quantitative estimate of drug-likeness (QED) is 0.821. The normalized spacial score (nSPS) is 14.8. The van der Waals surface area contributed by atoms with Crippen molar-refractivity contribution in [1.29, 1.82) is 0 Å². The largest absolute Gasteiger partial charge is 0.497 e. The van der Waals surface area contributed by atoms with E-state index >= 15 is 0 Å². The van der Waals surface area contributed by atoms with Gasteiger partial charge >= 0.3 is 0 Å². The van der Waals surface area contributed by atoms with Gasteiger partial charge in [-0.15, -0.1) is 0 Å². The van der Waals surface area contributed by atoms with Crippen LogP contribution in [0.15, 0.2) is 18.2 Å². The molecule has 0 radical (unpaired) electrons. The summed E-state index contributed by atoms with van der Waals surface area (Å²) in [6.07, 6.45) is 0.120. The summed E-state index contributed by atoms with van der Waals surface area (Å²) in [7, 11) is 1.70. The van der Waals surface area contributed by atoms with Crippen LogP contribution in [0.25, 0.3) is 0 Å². The van der Waals surface area contributed by atoms with Gasteiger partial charge in [0.2, 0.25) is 0 Å². The summed E-state index contributed by atoms with van der Waals surface area (Å²) in [5.74, 6) is 0.898. The van der Waals surface area contributed by atoms with E-state index in [0.717, 1.165) is 18.9 Å². The smallest absolute Gasteiger partial charge is 0.119 e. The molecule has 120 valence electrons. The second kappa shape index (κ2) is 7.81. The van der Waals surface area contributed by atoms with Gasteiger partial charge < -0.3 is 14.8 Å². The second-order valence-electron chi connectivity index (χ2n) is 6.50. The minimum Gasteiger partial charge on any atom is -0.497 e. The molecule has 0 saturated heterocycles. The van der Waals surface area contributed by atoms with Gasteiger partial charge in [0, 0.05) is 6.61 Å². The number of methoxy groups -OCH3 is 1. The number of nitrogens with one attached hydrogen (secondary N) is 1. The first-order chi connectivity index (χ1) is 9.85. The molecule has 0 fully saturated rings. The van der Waals surface area contributed by atoms with Crippen molar-refractivity contribution in [2.75, 3.05) is 20.3 Å². The average Bonchev–Trinajstić information content (AvgIpc) is 2.41. The summed E-state index contributed by atoms with van der Waals surface area (Å²) < 4.78 is 11.4. The fourth-order valence-corrected chi connectivity index (χ4v) is 2.75. The average molecular weight is 293 g/mol. The van der Waals surface area contributed by atoms with Crippen LogP contribution >= 0.6 is 0 Å².